The van der Waals surface area contributed by atoms with E-state index in [-0.39, 0.29) is 11.1 Å². The molecule has 9 heteroatoms. The Bertz CT molecular complexity index is 938. The summed E-state index contributed by atoms with van der Waals surface area (Å²) in [4.78, 5) is 53.6. The summed E-state index contributed by atoms with van der Waals surface area (Å²) < 4.78 is 5.09. The van der Waals surface area contributed by atoms with Crippen LogP contribution in [0, 0.1) is 0 Å². The van der Waals surface area contributed by atoms with Crippen LogP contribution in [0.15, 0.2) is 48.5 Å². The van der Waals surface area contributed by atoms with Gasteiger partial charge in [-0.2, -0.15) is 0 Å². The standard InChI is InChI=1S/C21H21N3O6/c1-13(23-21(28)22-12-11-14-7-9-15(29-2)10-8-14)20(27)30-24-18(25)16-5-3-4-6-17(16)19(24)26/h3-10,13H,11-12H2,1-2H3,(H2,22,23,28). The number of ether oxygens (including phenoxy) is 1. The zero-order valence-corrected chi connectivity index (χ0v) is 16.5. The number of benzene rings is 2. The molecule has 0 spiro atoms. The highest BCUT2D eigenvalue weighted by Crippen LogP contribution is 2.22. The summed E-state index contributed by atoms with van der Waals surface area (Å²) in [5.74, 6) is -1.63. The predicted octanol–water partition coefficient (Wildman–Crippen LogP) is 1.68. The zero-order chi connectivity index (χ0) is 21.7. The first-order valence-corrected chi connectivity index (χ1v) is 9.27. The molecule has 156 valence electrons. The Morgan fingerprint density at radius 2 is 1.60 bits per heavy atom. The molecule has 0 aromatic heterocycles. The van der Waals surface area contributed by atoms with Crippen molar-refractivity contribution in [1.82, 2.24) is 15.7 Å². The molecular weight excluding hydrogens is 390 g/mol. The van der Waals surface area contributed by atoms with Gasteiger partial charge in [-0.15, -0.1) is 0 Å². The topological polar surface area (TPSA) is 114 Å². The number of nitrogens with zero attached hydrogens (tertiary/aromatic N) is 1. The molecule has 0 saturated heterocycles. The van der Waals surface area contributed by atoms with Crippen molar-refractivity contribution >= 4 is 23.8 Å². The number of hydrogen-bond acceptors (Lipinski definition) is 6. The number of hydrogen-bond donors (Lipinski definition) is 2. The smallest absolute Gasteiger partial charge is 0.355 e. The Balaban J connectivity index is 1.45. The molecule has 1 aliphatic heterocycles. The van der Waals surface area contributed by atoms with Crippen LogP contribution in [0.25, 0.3) is 0 Å². The van der Waals surface area contributed by atoms with Gasteiger partial charge in [-0.25, -0.2) is 9.59 Å². The monoisotopic (exact) mass is 411 g/mol. The number of amides is 4. The fourth-order valence-electron chi connectivity index (χ4n) is 2.84. The van der Waals surface area contributed by atoms with E-state index < -0.39 is 29.9 Å². The number of fused-ring (bicyclic) bond motifs is 1. The maximum absolute atomic E-state index is 12.2. The van der Waals surface area contributed by atoms with E-state index in [9.17, 15) is 19.2 Å². The summed E-state index contributed by atoms with van der Waals surface area (Å²) in [6.07, 6.45) is 0.589. The molecule has 4 amide bonds. The Labute approximate surface area is 172 Å². The third kappa shape index (κ3) is 4.57. The summed E-state index contributed by atoms with van der Waals surface area (Å²) in [6, 6.07) is 11.9. The van der Waals surface area contributed by atoms with Crippen molar-refractivity contribution in [2.75, 3.05) is 13.7 Å². The molecule has 0 bridgehead atoms. The molecule has 0 fully saturated rings. The minimum Gasteiger partial charge on any atom is -0.497 e. The number of imide groups is 1. The van der Waals surface area contributed by atoms with Crippen molar-refractivity contribution in [3.8, 4) is 5.75 Å². The number of rotatable bonds is 7. The number of methoxy groups -OCH3 is 1. The van der Waals surface area contributed by atoms with Gasteiger partial charge in [-0.3, -0.25) is 9.59 Å². The third-order valence-corrected chi connectivity index (χ3v) is 4.50. The van der Waals surface area contributed by atoms with Gasteiger partial charge in [0, 0.05) is 6.54 Å². The van der Waals surface area contributed by atoms with Crippen LogP contribution in [0.4, 0.5) is 4.79 Å². The Morgan fingerprint density at radius 3 is 2.17 bits per heavy atom. The number of nitrogens with one attached hydrogen (secondary N) is 2. The normalized spacial score (nSPS) is 13.5. The van der Waals surface area contributed by atoms with E-state index in [4.69, 9.17) is 9.57 Å². The highest BCUT2D eigenvalue weighted by Gasteiger charge is 2.39. The van der Waals surface area contributed by atoms with Crippen molar-refractivity contribution in [3.05, 3.63) is 65.2 Å². The summed E-state index contributed by atoms with van der Waals surface area (Å²) in [7, 11) is 1.58. The second-order valence-electron chi connectivity index (χ2n) is 6.58. The number of urea groups is 1. The van der Waals surface area contributed by atoms with Crippen LogP contribution >= 0.6 is 0 Å². The van der Waals surface area contributed by atoms with Gasteiger partial charge in [0.15, 0.2) is 0 Å². The average molecular weight is 411 g/mol. The minimum absolute atomic E-state index is 0.159. The molecule has 3 rings (SSSR count). The molecule has 1 unspecified atom stereocenters. The highest BCUT2D eigenvalue weighted by atomic mass is 16.7. The summed E-state index contributed by atoms with van der Waals surface area (Å²) in [5, 5.41) is 5.46. The number of carbonyl (C=O) groups is 4. The minimum atomic E-state index is -1.07. The maximum Gasteiger partial charge on any atom is 0.355 e. The molecule has 2 N–H and O–H groups in total. The van der Waals surface area contributed by atoms with E-state index in [0.717, 1.165) is 11.3 Å². The first kappa shape index (κ1) is 20.8. The SMILES string of the molecule is COc1ccc(CCNC(=O)NC(C)C(=O)ON2C(=O)c3ccccc3C2=O)cc1. The highest BCUT2D eigenvalue weighted by molar-refractivity contribution is 6.20. The van der Waals surface area contributed by atoms with Crippen molar-refractivity contribution in [2.45, 2.75) is 19.4 Å². The third-order valence-electron chi connectivity index (χ3n) is 4.50. The summed E-state index contributed by atoms with van der Waals surface area (Å²) in [5.41, 5.74) is 1.33. The van der Waals surface area contributed by atoms with E-state index in [1.54, 1.807) is 19.2 Å². The molecule has 0 radical (unpaired) electrons. The van der Waals surface area contributed by atoms with Gasteiger partial charge in [0.1, 0.15) is 11.8 Å². The second-order valence-corrected chi connectivity index (χ2v) is 6.58. The van der Waals surface area contributed by atoms with Gasteiger partial charge in [0.25, 0.3) is 11.8 Å². The van der Waals surface area contributed by atoms with Crippen LogP contribution in [-0.4, -0.2) is 48.6 Å². The largest absolute Gasteiger partial charge is 0.497 e. The molecule has 0 saturated carbocycles. The van der Waals surface area contributed by atoms with E-state index >= 15 is 0 Å². The van der Waals surface area contributed by atoms with Crippen molar-refractivity contribution in [1.29, 1.82) is 0 Å². The van der Waals surface area contributed by atoms with Crippen molar-refractivity contribution in [2.24, 2.45) is 0 Å². The molecule has 1 aliphatic rings. The molecule has 9 nitrogen and oxygen atoms in total. The Hall–Kier alpha value is -3.88. The van der Waals surface area contributed by atoms with Crippen LogP contribution in [0.3, 0.4) is 0 Å². The van der Waals surface area contributed by atoms with Gasteiger partial charge in [-0.1, -0.05) is 29.3 Å². The predicted molar refractivity (Wildman–Crippen MR) is 106 cm³/mol. The maximum atomic E-state index is 12.2. The van der Waals surface area contributed by atoms with E-state index in [1.807, 2.05) is 24.3 Å². The molecule has 1 heterocycles. The fourth-order valence-corrected chi connectivity index (χ4v) is 2.84. The molecular formula is C21H21N3O6. The molecule has 2 aromatic rings. The van der Waals surface area contributed by atoms with Gasteiger partial charge in [0.05, 0.1) is 18.2 Å². The van der Waals surface area contributed by atoms with Crippen LogP contribution in [0.2, 0.25) is 0 Å². The lowest BCUT2D eigenvalue weighted by Crippen LogP contribution is -2.47. The molecule has 1 atom stereocenters. The van der Waals surface area contributed by atoms with E-state index in [2.05, 4.69) is 10.6 Å². The van der Waals surface area contributed by atoms with Gasteiger partial charge in [-0.05, 0) is 43.2 Å². The van der Waals surface area contributed by atoms with Crippen LogP contribution in [0.5, 0.6) is 5.75 Å². The molecule has 2 aromatic carbocycles. The Kier molecular flexibility index (Phi) is 6.31. The Morgan fingerprint density at radius 1 is 1.00 bits per heavy atom. The fraction of sp³-hybridized carbons (Fsp3) is 0.238. The lowest BCUT2D eigenvalue weighted by Gasteiger charge is -2.17. The summed E-state index contributed by atoms with van der Waals surface area (Å²) in [6.45, 7) is 1.74. The van der Waals surface area contributed by atoms with Crippen molar-refractivity contribution in [3.63, 3.8) is 0 Å². The van der Waals surface area contributed by atoms with E-state index in [1.165, 1.54) is 19.1 Å². The average Bonchev–Trinajstić information content (AvgIpc) is 2.99. The summed E-state index contributed by atoms with van der Waals surface area (Å²) >= 11 is 0. The second kappa shape index (κ2) is 9.08. The zero-order valence-electron chi connectivity index (χ0n) is 16.5. The number of carbonyl (C=O) groups excluding carboxylic acids is 4. The molecule has 30 heavy (non-hydrogen) atoms. The van der Waals surface area contributed by atoms with Gasteiger partial charge >= 0.3 is 12.0 Å². The molecule has 0 aliphatic carbocycles. The van der Waals surface area contributed by atoms with Crippen LogP contribution in [-0.2, 0) is 16.1 Å². The van der Waals surface area contributed by atoms with Crippen LogP contribution in [0.1, 0.15) is 33.2 Å². The van der Waals surface area contributed by atoms with Gasteiger partial charge < -0.3 is 20.2 Å². The lowest BCUT2D eigenvalue weighted by molar-refractivity contribution is -0.170. The van der Waals surface area contributed by atoms with E-state index in [0.29, 0.717) is 18.0 Å². The first-order chi connectivity index (χ1) is 14.4. The van der Waals surface area contributed by atoms with Gasteiger partial charge in [0.2, 0.25) is 0 Å². The first-order valence-electron chi connectivity index (χ1n) is 9.27. The lowest BCUT2D eigenvalue weighted by atomic mass is 10.1. The quantitative estimate of drug-likeness (QED) is 0.670. The van der Waals surface area contributed by atoms with Crippen LogP contribution < -0.4 is 15.4 Å². The van der Waals surface area contributed by atoms with Crippen molar-refractivity contribution < 1.29 is 28.8 Å². The number of hydroxylamine groups is 2.